The van der Waals surface area contributed by atoms with Crippen LogP contribution < -0.4 is 10.6 Å². The SMILES string of the molecule is NC(=O)C1CC(=O)N(c2c(Cl)cncc2I)C1. The second kappa shape index (κ2) is 4.77. The van der Waals surface area contributed by atoms with Crippen LogP contribution >= 0.6 is 34.2 Å². The van der Waals surface area contributed by atoms with Gasteiger partial charge >= 0.3 is 0 Å². The van der Waals surface area contributed by atoms with Crippen LogP contribution in [0, 0.1) is 9.49 Å². The lowest BCUT2D eigenvalue weighted by Crippen LogP contribution is -2.29. The van der Waals surface area contributed by atoms with E-state index in [0.29, 0.717) is 10.7 Å². The van der Waals surface area contributed by atoms with E-state index >= 15 is 0 Å². The van der Waals surface area contributed by atoms with Gasteiger partial charge in [-0.15, -0.1) is 0 Å². The van der Waals surface area contributed by atoms with Gasteiger partial charge in [0.1, 0.15) is 0 Å². The van der Waals surface area contributed by atoms with Crippen molar-refractivity contribution in [3.8, 4) is 0 Å². The molecular weight excluding hydrogens is 356 g/mol. The third-order valence-electron chi connectivity index (χ3n) is 2.63. The summed E-state index contributed by atoms with van der Waals surface area (Å²) in [6, 6.07) is 0. The molecular formula is C10H9ClIN3O2. The minimum atomic E-state index is -0.457. The van der Waals surface area contributed by atoms with Gasteiger partial charge in [-0.1, -0.05) is 11.6 Å². The van der Waals surface area contributed by atoms with Crippen molar-refractivity contribution >= 4 is 51.7 Å². The summed E-state index contributed by atoms with van der Waals surface area (Å²) in [6.07, 6.45) is 3.24. The zero-order valence-corrected chi connectivity index (χ0v) is 11.6. The molecule has 7 heteroatoms. The largest absolute Gasteiger partial charge is 0.369 e. The Kier molecular flexibility index (Phi) is 3.53. The van der Waals surface area contributed by atoms with Gasteiger partial charge in [0.2, 0.25) is 11.8 Å². The highest BCUT2D eigenvalue weighted by Gasteiger charge is 2.35. The third kappa shape index (κ3) is 2.37. The Morgan fingerprint density at radius 3 is 2.82 bits per heavy atom. The first kappa shape index (κ1) is 12.6. The Bertz CT molecular complexity index is 474. The van der Waals surface area contributed by atoms with Gasteiger partial charge in [0.15, 0.2) is 0 Å². The zero-order chi connectivity index (χ0) is 12.6. The van der Waals surface area contributed by atoms with E-state index in [0.717, 1.165) is 3.57 Å². The lowest BCUT2D eigenvalue weighted by molar-refractivity contribution is -0.123. The van der Waals surface area contributed by atoms with Gasteiger partial charge in [-0.25, -0.2) is 0 Å². The molecule has 0 bridgehead atoms. The number of aromatic nitrogens is 1. The van der Waals surface area contributed by atoms with E-state index in [1.54, 1.807) is 6.20 Å². The Hall–Kier alpha value is -0.890. The summed E-state index contributed by atoms with van der Waals surface area (Å²) in [5.41, 5.74) is 5.82. The molecule has 0 spiro atoms. The van der Waals surface area contributed by atoms with Crippen LogP contribution in [0.25, 0.3) is 0 Å². The molecule has 2 heterocycles. The average Bonchev–Trinajstić information content (AvgIpc) is 2.61. The highest BCUT2D eigenvalue weighted by molar-refractivity contribution is 14.1. The standard InChI is InChI=1S/C10H9ClIN3O2/c11-6-2-14-3-7(12)9(6)15-4-5(10(13)17)1-8(15)16/h2-3,5H,1,4H2,(H2,13,17). The first-order valence-electron chi connectivity index (χ1n) is 4.89. The molecule has 1 aliphatic rings. The van der Waals surface area contributed by atoms with Crippen molar-refractivity contribution in [3.05, 3.63) is 21.0 Å². The lowest BCUT2D eigenvalue weighted by atomic mass is 10.1. The number of hydrogen-bond donors (Lipinski definition) is 1. The molecule has 0 aliphatic carbocycles. The van der Waals surface area contributed by atoms with Crippen LogP contribution in [0.15, 0.2) is 12.4 Å². The van der Waals surface area contributed by atoms with Gasteiger partial charge in [-0.05, 0) is 22.6 Å². The van der Waals surface area contributed by atoms with Crippen molar-refractivity contribution in [1.82, 2.24) is 4.98 Å². The number of hydrogen-bond acceptors (Lipinski definition) is 3. The highest BCUT2D eigenvalue weighted by atomic mass is 127. The van der Waals surface area contributed by atoms with Gasteiger partial charge < -0.3 is 10.6 Å². The van der Waals surface area contributed by atoms with Gasteiger partial charge in [-0.3, -0.25) is 14.6 Å². The van der Waals surface area contributed by atoms with Crippen LogP contribution in [-0.4, -0.2) is 23.3 Å². The second-order valence-corrected chi connectivity index (χ2v) is 5.33. The van der Waals surface area contributed by atoms with Crippen LogP contribution in [-0.2, 0) is 9.59 Å². The minimum Gasteiger partial charge on any atom is -0.369 e. The molecule has 17 heavy (non-hydrogen) atoms. The molecule has 0 aromatic carbocycles. The molecule has 1 aliphatic heterocycles. The van der Waals surface area contributed by atoms with Crippen LogP contribution in [0.4, 0.5) is 5.69 Å². The van der Waals surface area contributed by atoms with Crippen LogP contribution in [0.2, 0.25) is 5.02 Å². The van der Waals surface area contributed by atoms with Crippen molar-refractivity contribution in [2.24, 2.45) is 11.7 Å². The molecule has 5 nitrogen and oxygen atoms in total. The van der Waals surface area contributed by atoms with Gasteiger partial charge in [0, 0.05) is 25.4 Å². The summed E-state index contributed by atoms with van der Waals surface area (Å²) in [6.45, 7) is 0.286. The molecule has 90 valence electrons. The fourth-order valence-electron chi connectivity index (χ4n) is 1.78. The van der Waals surface area contributed by atoms with Crippen LogP contribution in [0.1, 0.15) is 6.42 Å². The van der Waals surface area contributed by atoms with Crippen molar-refractivity contribution in [2.45, 2.75) is 6.42 Å². The number of primary amides is 1. The summed E-state index contributed by atoms with van der Waals surface area (Å²) in [7, 11) is 0. The van der Waals surface area contributed by atoms with E-state index < -0.39 is 11.8 Å². The molecule has 1 unspecified atom stereocenters. The Morgan fingerprint density at radius 1 is 1.59 bits per heavy atom. The molecule has 1 fully saturated rings. The van der Waals surface area contributed by atoms with E-state index in [2.05, 4.69) is 27.6 Å². The molecule has 2 N–H and O–H groups in total. The fourth-order valence-corrected chi connectivity index (χ4v) is 2.94. The Labute approximate surface area is 116 Å². The van der Waals surface area contributed by atoms with Crippen LogP contribution in [0.3, 0.4) is 0 Å². The lowest BCUT2D eigenvalue weighted by Gasteiger charge is -2.18. The average molecular weight is 366 g/mol. The normalized spacial score (nSPS) is 19.8. The molecule has 0 radical (unpaired) electrons. The maximum Gasteiger partial charge on any atom is 0.227 e. The summed E-state index contributed by atoms with van der Waals surface area (Å²) >= 11 is 8.08. The monoisotopic (exact) mass is 365 g/mol. The molecule has 2 rings (SSSR count). The van der Waals surface area contributed by atoms with Crippen molar-refractivity contribution < 1.29 is 9.59 Å². The number of halogens is 2. The smallest absolute Gasteiger partial charge is 0.227 e. The van der Waals surface area contributed by atoms with E-state index in [9.17, 15) is 9.59 Å². The molecule has 1 saturated heterocycles. The van der Waals surface area contributed by atoms with Gasteiger partial charge in [0.05, 0.1) is 20.2 Å². The van der Waals surface area contributed by atoms with Crippen molar-refractivity contribution in [2.75, 3.05) is 11.4 Å². The first-order chi connectivity index (χ1) is 8.00. The van der Waals surface area contributed by atoms with E-state index in [-0.39, 0.29) is 18.9 Å². The number of amides is 2. The van der Waals surface area contributed by atoms with Crippen molar-refractivity contribution in [1.29, 1.82) is 0 Å². The molecule has 1 aromatic rings. The quantitative estimate of drug-likeness (QED) is 0.800. The zero-order valence-electron chi connectivity index (χ0n) is 8.69. The Morgan fingerprint density at radius 2 is 2.29 bits per heavy atom. The maximum atomic E-state index is 11.8. The van der Waals surface area contributed by atoms with Crippen LogP contribution in [0.5, 0.6) is 0 Å². The number of anilines is 1. The molecule has 1 atom stereocenters. The molecule has 1 aromatic heterocycles. The molecule has 0 saturated carbocycles. The van der Waals surface area contributed by atoms with E-state index in [4.69, 9.17) is 17.3 Å². The number of carbonyl (C=O) groups excluding carboxylic acids is 2. The number of nitrogens with zero attached hydrogens (tertiary/aromatic N) is 2. The summed E-state index contributed by atoms with van der Waals surface area (Å²) in [5.74, 6) is -1.04. The third-order valence-corrected chi connectivity index (χ3v) is 3.69. The summed E-state index contributed by atoms with van der Waals surface area (Å²) in [5, 5.41) is 0.398. The highest BCUT2D eigenvalue weighted by Crippen LogP contribution is 2.34. The van der Waals surface area contributed by atoms with Crippen molar-refractivity contribution in [3.63, 3.8) is 0 Å². The number of pyridine rings is 1. The fraction of sp³-hybridized carbons (Fsp3) is 0.300. The van der Waals surface area contributed by atoms with E-state index in [1.807, 2.05) is 0 Å². The maximum absolute atomic E-state index is 11.8. The van der Waals surface area contributed by atoms with Gasteiger partial charge in [0.25, 0.3) is 0 Å². The number of nitrogens with two attached hydrogens (primary N) is 1. The minimum absolute atomic E-state index is 0.139. The number of rotatable bonds is 2. The second-order valence-electron chi connectivity index (χ2n) is 3.76. The topological polar surface area (TPSA) is 76.3 Å². The number of carbonyl (C=O) groups is 2. The predicted molar refractivity (Wildman–Crippen MR) is 71.6 cm³/mol. The summed E-state index contributed by atoms with van der Waals surface area (Å²) in [4.78, 5) is 28.3. The van der Waals surface area contributed by atoms with E-state index in [1.165, 1.54) is 11.1 Å². The van der Waals surface area contributed by atoms with Gasteiger partial charge in [-0.2, -0.15) is 0 Å². The first-order valence-corrected chi connectivity index (χ1v) is 6.35. The predicted octanol–water partition coefficient (Wildman–Crippen LogP) is 1.18. The Balaban J connectivity index is 2.35. The summed E-state index contributed by atoms with van der Waals surface area (Å²) < 4.78 is 0.772. The molecule has 2 amide bonds.